The van der Waals surface area contributed by atoms with Crippen LogP contribution in [0.5, 0.6) is 0 Å². The van der Waals surface area contributed by atoms with Gasteiger partial charge >= 0.3 is 6.18 Å². The molecule has 1 aromatic heterocycles. The summed E-state index contributed by atoms with van der Waals surface area (Å²) in [6.07, 6.45) is 3.17. The number of carbonyl (C=O) groups excluding carboxylic acids is 1. The number of benzene rings is 1. The highest BCUT2D eigenvalue weighted by Crippen LogP contribution is 2.37. The van der Waals surface area contributed by atoms with E-state index in [0.717, 1.165) is 74.1 Å². The third kappa shape index (κ3) is 6.36. The summed E-state index contributed by atoms with van der Waals surface area (Å²) in [6.45, 7) is 5.77. The van der Waals surface area contributed by atoms with Crippen LogP contribution in [-0.4, -0.2) is 53.6 Å². The summed E-state index contributed by atoms with van der Waals surface area (Å²) >= 11 is 6.89. The number of hydrogen-bond donors (Lipinski definition) is 2. The van der Waals surface area contributed by atoms with Crippen molar-refractivity contribution < 1.29 is 18.0 Å². The summed E-state index contributed by atoms with van der Waals surface area (Å²) in [7, 11) is 0. The van der Waals surface area contributed by atoms with Gasteiger partial charge in [0, 0.05) is 44.0 Å². The third-order valence-electron chi connectivity index (χ3n) is 6.51. The number of halogens is 3. The Balaban J connectivity index is 1.41. The van der Waals surface area contributed by atoms with Crippen molar-refractivity contribution in [3.8, 4) is 0 Å². The Morgan fingerprint density at radius 3 is 2.61 bits per heavy atom. The van der Waals surface area contributed by atoms with Crippen LogP contribution in [0.3, 0.4) is 0 Å². The smallest absolute Gasteiger partial charge is 0.370 e. The topological polar surface area (TPSA) is 60.5 Å². The van der Waals surface area contributed by atoms with Crippen molar-refractivity contribution in [1.82, 2.24) is 15.2 Å². The SMILES string of the molecule is CC=CCNC(=S)N1CCC(c2nc(C(=O)Nc3cc(C(F)(F)F)ccc3N3CCCC3)cs2)CC1. The lowest BCUT2D eigenvalue weighted by Gasteiger charge is -2.33. The number of piperidine rings is 1. The zero-order chi connectivity index (χ0) is 25.7. The fourth-order valence-corrected chi connectivity index (χ4v) is 5.75. The Morgan fingerprint density at radius 2 is 1.94 bits per heavy atom. The van der Waals surface area contributed by atoms with E-state index in [1.54, 1.807) is 5.38 Å². The van der Waals surface area contributed by atoms with Gasteiger partial charge in [0.25, 0.3) is 5.91 Å². The van der Waals surface area contributed by atoms with E-state index in [4.69, 9.17) is 12.2 Å². The van der Waals surface area contributed by atoms with Crippen molar-refractivity contribution in [2.45, 2.75) is 44.7 Å². The number of likely N-dealkylation sites (tertiary alicyclic amines) is 1. The lowest BCUT2D eigenvalue weighted by atomic mass is 9.98. The maximum absolute atomic E-state index is 13.3. The normalized spacial score (nSPS) is 17.1. The van der Waals surface area contributed by atoms with Crippen molar-refractivity contribution in [3.63, 3.8) is 0 Å². The molecule has 0 atom stereocenters. The van der Waals surface area contributed by atoms with Crippen LogP contribution in [0, 0.1) is 0 Å². The quantitative estimate of drug-likeness (QED) is 0.367. The first-order chi connectivity index (χ1) is 17.3. The van der Waals surface area contributed by atoms with Crippen molar-refractivity contribution in [2.75, 3.05) is 42.9 Å². The molecule has 2 fully saturated rings. The van der Waals surface area contributed by atoms with Gasteiger partial charge in [-0.05, 0) is 63.0 Å². The van der Waals surface area contributed by atoms with Crippen molar-refractivity contribution in [1.29, 1.82) is 0 Å². The number of amides is 1. The molecule has 2 aliphatic rings. The molecule has 2 N–H and O–H groups in total. The van der Waals surface area contributed by atoms with Gasteiger partial charge in [-0.15, -0.1) is 11.3 Å². The van der Waals surface area contributed by atoms with Crippen molar-refractivity contribution in [2.24, 2.45) is 0 Å². The van der Waals surface area contributed by atoms with Crippen LogP contribution >= 0.6 is 23.6 Å². The van der Waals surface area contributed by atoms with Gasteiger partial charge in [0.15, 0.2) is 5.11 Å². The fourth-order valence-electron chi connectivity index (χ4n) is 4.52. The van der Waals surface area contributed by atoms with Crippen LogP contribution in [0.15, 0.2) is 35.7 Å². The van der Waals surface area contributed by atoms with Gasteiger partial charge in [0.1, 0.15) is 5.69 Å². The monoisotopic (exact) mass is 537 g/mol. The van der Waals surface area contributed by atoms with Gasteiger partial charge in [0.2, 0.25) is 0 Å². The summed E-state index contributed by atoms with van der Waals surface area (Å²) in [5.74, 6) is -0.274. The molecule has 2 saturated heterocycles. The Kier molecular flexibility index (Phi) is 8.50. The molecule has 2 aromatic rings. The van der Waals surface area contributed by atoms with E-state index in [1.165, 1.54) is 17.4 Å². The highest BCUT2D eigenvalue weighted by Gasteiger charge is 2.32. The molecule has 2 aliphatic heterocycles. The number of thiazole rings is 1. The van der Waals surface area contributed by atoms with Crippen LogP contribution in [0.25, 0.3) is 0 Å². The van der Waals surface area contributed by atoms with Crippen molar-refractivity contribution >= 4 is 45.9 Å². The van der Waals surface area contributed by atoms with E-state index >= 15 is 0 Å². The van der Waals surface area contributed by atoms with Gasteiger partial charge in [-0.1, -0.05) is 12.2 Å². The molecule has 6 nitrogen and oxygen atoms in total. The molecular formula is C25H30F3N5OS2. The van der Waals surface area contributed by atoms with E-state index in [0.29, 0.717) is 12.2 Å². The molecule has 194 valence electrons. The summed E-state index contributed by atoms with van der Waals surface area (Å²) in [5.41, 5.74) is 0.213. The second-order valence-electron chi connectivity index (χ2n) is 8.97. The molecule has 36 heavy (non-hydrogen) atoms. The Labute approximate surface area is 218 Å². The number of carbonyl (C=O) groups is 1. The Hall–Kier alpha value is -2.66. The molecule has 0 bridgehead atoms. The van der Waals surface area contributed by atoms with Gasteiger partial charge in [-0.2, -0.15) is 13.2 Å². The summed E-state index contributed by atoms with van der Waals surface area (Å²) < 4.78 is 40.0. The average Bonchev–Trinajstić information content (AvgIpc) is 3.56. The summed E-state index contributed by atoms with van der Waals surface area (Å²) in [4.78, 5) is 21.7. The number of nitrogens with one attached hydrogen (secondary N) is 2. The standard InChI is InChI=1S/C25H30F3N5OS2/c1-2-3-10-29-24(35)33-13-8-17(9-14-33)23-31-20(16-36-23)22(34)30-19-15-18(25(26,27)28)6-7-21(19)32-11-4-5-12-32/h2-3,6-7,15-17H,4-5,8-14H2,1H3,(H,29,35)(H,30,34). The fraction of sp³-hybridized carbons (Fsp3) is 0.480. The first-order valence-corrected chi connectivity index (χ1v) is 13.4. The molecule has 1 aromatic carbocycles. The molecule has 0 saturated carbocycles. The summed E-state index contributed by atoms with van der Waals surface area (Å²) in [6, 6.07) is 3.53. The van der Waals surface area contributed by atoms with Crippen LogP contribution < -0.4 is 15.5 Å². The molecule has 3 heterocycles. The van der Waals surface area contributed by atoms with Gasteiger partial charge in [-0.3, -0.25) is 4.79 Å². The number of thiocarbonyl (C=S) groups is 1. The zero-order valence-corrected chi connectivity index (χ0v) is 21.7. The Bertz CT molecular complexity index is 1100. The minimum atomic E-state index is -4.49. The minimum Gasteiger partial charge on any atom is -0.370 e. The molecule has 0 radical (unpaired) electrons. The lowest BCUT2D eigenvalue weighted by molar-refractivity contribution is -0.137. The number of rotatable bonds is 6. The maximum Gasteiger partial charge on any atom is 0.416 e. The number of allylic oxidation sites excluding steroid dienone is 1. The molecule has 4 rings (SSSR count). The van der Waals surface area contributed by atoms with Crippen LogP contribution in [0.2, 0.25) is 0 Å². The van der Waals surface area contributed by atoms with Crippen molar-refractivity contribution in [3.05, 3.63) is 52.0 Å². The van der Waals surface area contributed by atoms with Crippen LogP contribution in [0.1, 0.15) is 59.6 Å². The van der Waals surface area contributed by atoms with Gasteiger partial charge in [-0.25, -0.2) is 4.98 Å². The molecule has 11 heteroatoms. The minimum absolute atomic E-state index is 0.165. The number of nitrogens with zero attached hydrogens (tertiary/aromatic N) is 3. The predicted octanol–water partition coefficient (Wildman–Crippen LogP) is 5.64. The second-order valence-corrected chi connectivity index (χ2v) is 10.2. The predicted molar refractivity (Wildman–Crippen MR) is 142 cm³/mol. The molecule has 0 spiro atoms. The first kappa shape index (κ1) is 26.4. The highest BCUT2D eigenvalue weighted by molar-refractivity contribution is 7.80. The third-order valence-corrected chi connectivity index (χ3v) is 7.92. The molecule has 0 unspecified atom stereocenters. The van der Waals surface area contributed by atoms with Crippen LogP contribution in [-0.2, 0) is 6.18 Å². The Morgan fingerprint density at radius 1 is 1.22 bits per heavy atom. The number of aromatic nitrogens is 1. The first-order valence-electron chi connectivity index (χ1n) is 12.1. The van der Waals surface area contributed by atoms with E-state index < -0.39 is 17.6 Å². The average molecular weight is 538 g/mol. The maximum atomic E-state index is 13.3. The number of hydrogen-bond acceptors (Lipinski definition) is 5. The number of anilines is 2. The number of alkyl halides is 3. The molecule has 1 amide bonds. The van der Waals surface area contributed by atoms with Gasteiger partial charge < -0.3 is 20.4 Å². The second kappa shape index (κ2) is 11.6. The van der Waals surface area contributed by atoms with E-state index in [9.17, 15) is 18.0 Å². The largest absolute Gasteiger partial charge is 0.416 e. The molecular weight excluding hydrogens is 507 g/mol. The van der Waals surface area contributed by atoms with E-state index in [2.05, 4.69) is 20.5 Å². The van der Waals surface area contributed by atoms with Gasteiger partial charge in [0.05, 0.1) is 21.9 Å². The van der Waals surface area contributed by atoms with E-state index in [1.807, 2.05) is 24.0 Å². The highest BCUT2D eigenvalue weighted by atomic mass is 32.1. The van der Waals surface area contributed by atoms with Crippen LogP contribution in [0.4, 0.5) is 24.5 Å². The zero-order valence-electron chi connectivity index (χ0n) is 20.1. The lowest BCUT2D eigenvalue weighted by Crippen LogP contribution is -2.43. The summed E-state index contributed by atoms with van der Waals surface area (Å²) in [5, 5.41) is 9.21. The molecule has 0 aliphatic carbocycles. The van der Waals surface area contributed by atoms with E-state index in [-0.39, 0.29) is 17.3 Å².